The molecule has 25 heavy (non-hydrogen) atoms. The van der Waals surface area contributed by atoms with Crippen molar-refractivity contribution in [1.82, 2.24) is 0 Å². The van der Waals surface area contributed by atoms with Crippen molar-refractivity contribution in [1.29, 1.82) is 0 Å². The molecule has 1 rings (SSSR count). The van der Waals surface area contributed by atoms with Gasteiger partial charge in [0.2, 0.25) is 0 Å². The van der Waals surface area contributed by atoms with E-state index < -0.39 is 11.9 Å². The number of carbonyl (C=O) groups is 2. The molecule has 0 saturated heterocycles. The van der Waals surface area contributed by atoms with Crippen LogP contribution in [0.1, 0.15) is 103 Å². The molecule has 0 aliphatic heterocycles. The molecule has 4 heteroatoms. The number of aryl methyl sites for hydroxylation is 1. The van der Waals surface area contributed by atoms with Crippen LogP contribution in [0.15, 0.2) is 12.1 Å². The maximum absolute atomic E-state index is 11.7. The first-order chi connectivity index (χ1) is 12.0. The van der Waals surface area contributed by atoms with E-state index in [-0.39, 0.29) is 11.1 Å². The van der Waals surface area contributed by atoms with E-state index in [1.54, 1.807) is 0 Å². The molecule has 0 saturated carbocycles. The maximum atomic E-state index is 11.7. The summed E-state index contributed by atoms with van der Waals surface area (Å²) in [5.74, 6) is -2.29. The zero-order valence-electron chi connectivity index (χ0n) is 15.6. The first kappa shape index (κ1) is 21.2. The lowest BCUT2D eigenvalue weighted by molar-refractivity contribution is 0.0650. The fourth-order valence-corrected chi connectivity index (χ4v) is 3.28. The Labute approximate surface area is 151 Å². The van der Waals surface area contributed by atoms with Crippen LogP contribution in [0.4, 0.5) is 0 Å². The number of benzene rings is 1. The van der Waals surface area contributed by atoms with Crippen LogP contribution in [0, 0.1) is 0 Å². The van der Waals surface area contributed by atoms with Gasteiger partial charge < -0.3 is 10.2 Å². The van der Waals surface area contributed by atoms with Gasteiger partial charge in [-0.2, -0.15) is 0 Å². The van der Waals surface area contributed by atoms with Crippen LogP contribution in [0.25, 0.3) is 0 Å². The minimum atomic E-state index is -1.16. The summed E-state index contributed by atoms with van der Waals surface area (Å²) in [5.41, 5.74) is 1.65. The van der Waals surface area contributed by atoms with Crippen molar-refractivity contribution < 1.29 is 19.8 Å². The average molecular weight is 348 g/mol. The second-order valence-electron chi connectivity index (χ2n) is 6.71. The van der Waals surface area contributed by atoms with Crippen LogP contribution in [0.5, 0.6) is 0 Å². The van der Waals surface area contributed by atoms with E-state index in [4.69, 9.17) is 0 Å². The van der Waals surface area contributed by atoms with Crippen LogP contribution in [0.2, 0.25) is 0 Å². The predicted octanol–water partition coefficient (Wildman–Crippen LogP) is 5.72. The first-order valence-electron chi connectivity index (χ1n) is 9.64. The van der Waals surface area contributed by atoms with Gasteiger partial charge in [-0.3, -0.25) is 0 Å². The number of rotatable bonds is 13. The normalized spacial score (nSPS) is 10.8. The molecule has 0 atom stereocenters. The van der Waals surface area contributed by atoms with Gasteiger partial charge in [-0.1, -0.05) is 64.9 Å². The van der Waals surface area contributed by atoms with Crippen molar-refractivity contribution in [2.24, 2.45) is 0 Å². The second kappa shape index (κ2) is 11.7. The standard InChI is InChI=1S/C21H32O4/c1-3-5-7-9-11-13-17-16(12-10-8-6-4-2)14-15-18(20(22)23)19(17)21(24)25/h14-15H,3-13H2,1-2H3,(H,22,23)(H,24,25). The summed E-state index contributed by atoms with van der Waals surface area (Å²) in [6.45, 7) is 4.32. The topological polar surface area (TPSA) is 74.6 Å². The Kier molecular flexibility index (Phi) is 9.90. The van der Waals surface area contributed by atoms with Gasteiger partial charge in [-0.05, 0) is 42.9 Å². The van der Waals surface area contributed by atoms with Crippen LogP contribution < -0.4 is 0 Å². The second-order valence-corrected chi connectivity index (χ2v) is 6.71. The molecule has 140 valence electrons. The molecule has 1 aromatic rings. The lowest BCUT2D eigenvalue weighted by Crippen LogP contribution is -2.14. The van der Waals surface area contributed by atoms with Gasteiger partial charge in [0.1, 0.15) is 0 Å². The minimum absolute atomic E-state index is 0.00372. The molecular weight excluding hydrogens is 316 g/mol. The van der Waals surface area contributed by atoms with Gasteiger partial charge in [0.25, 0.3) is 0 Å². The maximum Gasteiger partial charge on any atom is 0.336 e. The lowest BCUT2D eigenvalue weighted by atomic mass is 9.89. The highest BCUT2D eigenvalue weighted by Gasteiger charge is 2.22. The SMILES string of the molecule is CCCCCCCc1c(CCCCCC)ccc(C(=O)O)c1C(=O)O. The van der Waals surface area contributed by atoms with Crippen molar-refractivity contribution in [3.05, 3.63) is 34.4 Å². The molecule has 0 amide bonds. The summed E-state index contributed by atoms with van der Waals surface area (Å²) >= 11 is 0. The zero-order chi connectivity index (χ0) is 18.7. The quantitative estimate of drug-likeness (QED) is 0.447. The van der Waals surface area contributed by atoms with Crippen molar-refractivity contribution in [3.63, 3.8) is 0 Å². The fraction of sp³-hybridized carbons (Fsp3) is 0.619. The number of carboxylic acids is 2. The monoisotopic (exact) mass is 348 g/mol. The van der Waals surface area contributed by atoms with E-state index in [1.807, 2.05) is 6.07 Å². The lowest BCUT2D eigenvalue weighted by Gasteiger charge is -2.15. The zero-order valence-corrected chi connectivity index (χ0v) is 15.6. The Balaban J connectivity index is 3.02. The molecule has 0 bridgehead atoms. The highest BCUT2D eigenvalue weighted by atomic mass is 16.4. The third-order valence-electron chi connectivity index (χ3n) is 4.68. The molecule has 0 aliphatic carbocycles. The summed E-state index contributed by atoms with van der Waals surface area (Å²) in [6.07, 6.45) is 11.4. The van der Waals surface area contributed by atoms with Crippen molar-refractivity contribution in [2.75, 3.05) is 0 Å². The largest absolute Gasteiger partial charge is 0.478 e. The minimum Gasteiger partial charge on any atom is -0.478 e. The van der Waals surface area contributed by atoms with Gasteiger partial charge in [0, 0.05) is 0 Å². The highest BCUT2D eigenvalue weighted by molar-refractivity contribution is 6.03. The Morgan fingerprint density at radius 1 is 0.760 bits per heavy atom. The molecular formula is C21H32O4. The molecule has 0 aliphatic rings. The van der Waals surface area contributed by atoms with Gasteiger partial charge in [-0.25, -0.2) is 9.59 Å². The van der Waals surface area contributed by atoms with Crippen LogP contribution in [-0.4, -0.2) is 22.2 Å². The van der Waals surface area contributed by atoms with E-state index in [1.165, 1.54) is 18.9 Å². The molecule has 0 spiro atoms. The van der Waals surface area contributed by atoms with E-state index in [9.17, 15) is 19.8 Å². The molecule has 0 unspecified atom stereocenters. The van der Waals surface area contributed by atoms with E-state index in [0.717, 1.165) is 62.5 Å². The van der Waals surface area contributed by atoms with Crippen LogP contribution >= 0.6 is 0 Å². The Bertz CT molecular complexity index is 563. The van der Waals surface area contributed by atoms with Crippen molar-refractivity contribution >= 4 is 11.9 Å². The molecule has 4 nitrogen and oxygen atoms in total. The smallest absolute Gasteiger partial charge is 0.336 e. The van der Waals surface area contributed by atoms with Crippen LogP contribution in [-0.2, 0) is 12.8 Å². The third kappa shape index (κ3) is 6.89. The number of aromatic carboxylic acids is 2. The molecule has 2 N–H and O–H groups in total. The van der Waals surface area contributed by atoms with Gasteiger partial charge in [0.05, 0.1) is 11.1 Å². The summed E-state index contributed by atoms with van der Waals surface area (Å²) in [5, 5.41) is 19.0. The fourth-order valence-electron chi connectivity index (χ4n) is 3.28. The Hall–Kier alpha value is -1.84. The third-order valence-corrected chi connectivity index (χ3v) is 4.68. The number of unbranched alkanes of at least 4 members (excludes halogenated alkanes) is 7. The van der Waals surface area contributed by atoms with E-state index >= 15 is 0 Å². The predicted molar refractivity (Wildman–Crippen MR) is 101 cm³/mol. The molecule has 0 fully saturated rings. The molecule has 0 radical (unpaired) electrons. The molecule has 1 aromatic carbocycles. The first-order valence-corrected chi connectivity index (χ1v) is 9.64. The summed E-state index contributed by atoms with van der Waals surface area (Å²) in [6, 6.07) is 3.28. The van der Waals surface area contributed by atoms with E-state index in [2.05, 4.69) is 13.8 Å². The van der Waals surface area contributed by atoms with Gasteiger partial charge in [-0.15, -0.1) is 0 Å². The summed E-state index contributed by atoms with van der Waals surface area (Å²) < 4.78 is 0. The highest BCUT2D eigenvalue weighted by Crippen LogP contribution is 2.24. The summed E-state index contributed by atoms with van der Waals surface area (Å²) in [7, 11) is 0. The Morgan fingerprint density at radius 2 is 1.32 bits per heavy atom. The van der Waals surface area contributed by atoms with Gasteiger partial charge >= 0.3 is 11.9 Å². The van der Waals surface area contributed by atoms with E-state index in [0.29, 0.717) is 6.42 Å². The number of hydrogen-bond donors (Lipinski definition) is 2. The number of carboxylic acid groups (broad SMARTS) is 2. The van der Waals surface area contributed by atoms with Crippen molar-refractivity contribution in [2.45, 2.75) is 84.5 Å². The molecule has 0 heterocycles. The number of hydrogen-bond acceptors (Lipinski definition) is 2. The van der Waals surface area contributed by atoms with Crippen molar-refractivity contribution in [3.8, 4) is 0 Å². The van der Waals surface area contributed by atoms with Crippen LogP contribution in [0.3, 0.4) is 0 Å². The average Bonchev–Trinajstić information content (AvgIpc) is 2.58. The summed E-state index contributed by atoms with van der Waals surface area (Å²) in [4.78, 5) is 23.2. The Morgan fingerprint density at radius 3 is 1.88 bits per heavy atom. The van der Waals surface area contributed by atoms with Gasteiger partial charge in [0.15, 0.2) is 0 Å². The molecule has 0 aromatic heterocycles.